The molecule has 0 N–H and O–H groups in total. The van der Waals surface area contributed by atoms with Crippen molar-refractivity contribution in [2.75, 3.05) is 40.4 Å². The lowest BCUT2D eigenvalue weighted by molar-refractivity contribution is 0.0535. The third kappa shape index (κ3) is 4.40. The van der Waals surface area contributed by atoms with Crippen LogP contribution in [-0.2, 0) is 0 Å². The Morgan fingerprint density at radius 2 is 1.19 bits per heavy atom. The Labute approximate surface area is 181 Å². The molecule has 160 valence electrons. The van der Waals surface area contributed by atoms with Crippen LogP contribution in [0, 0.1) is 0 Å². The van der Waals surface area contributed by atoms with E-state index in [0.717, 1.165) is 5.69 Å². The van der Waals surface area contributed by atoms with Crippen LogP contribution in [0.4, 0.5) is 0 Å². The van der Waals surface area contributed by atoms with Gasteiger partial charge in [-0.15, -0.1) is 0 Å². The van der Waals surface area contributed by atoms with Gasteiger partial charge in [0.25, 0.3) is 11.8 Å². The Hall–Kier alpha value is -3.74. The molecule has 0 radical (unpaired) electrons. The van der Waals surface area contributed by atoms with Gasteiger partial charge in [0.15, 0.2) is 0 Å². The van der Waals surface area contributed by atoms with Crippen LogP contribution in [0.5, 0.6) is 11.5 Å². The first kappa shape index (κ1) is 20.5. The molecule has 7 heteroatoms. The molecule has 1 saturated heterocycles. The number of piperazine rings is 1. The number of carbonyl (C=O) groups excluding carboxylic acids is 2. The molecule has 0 bridgehead atoms. The van der Waals surface area contributed by atoms with Crippen LogP contribution in [0.3, 0.4) is 0 Å². The molecule has 1 aromatic heterocycles. The normalized spacial score (nSPS) is 13.7. The largest absolute Gasteiger partial charge is 0.497 e. The highest BCUT2D eigenvalue weighted by atomic mass is 16.5. The Morgan fingerprint density at radius 1 is 0.710 bits per heavy atom. The zero-order chi connectivity index (χ0) is 21.8. The van der Waals surface area contributed by atoms with Gasteiger partial charge >= 0.3 is 0 Å². The number of hydrogen-bond acceptors (Lipinski definition) is 4. The van der Waals surface area contributed by atoms with E-state index < -0.39 is 0 Å². The first-order valence-electron chi connectivity index (χ1n) is 10.1. The number of rotatable bonds is 5. The minimum absolute atomic E-state index is 0.0193. The molecular formula is C24H25N3O4. The summed E-state index contributed by atoms with van der Waals surface area (Å²) < 4.78 is 12.5. The molecule has 0 saturated carbocycles. The number of benzene rings is 2. The Balaban J connectivity index is 1.39. The second-order valence-corrected chi connectivity index (χ2v) is 7.32. The second kappa shape index (κ2) is 8.95. The smallest absolute Gasteiger partial charge is 0.254 e. The maximum Gasteiger partial charge on any atom is 0.254 e. The lowest BCUT2D eigenvalue weighted by Gasteiger charge is -2.35. The van der Waals surface area contributed by atoms with E-state index in [4.69, 9.17) is 9.47 Å². The predicted octanol–water partition coefficient (Wildman–Crippen LogP) is 3.09. The third-order valence-corrected chi connectivity index (χ3v) is 5.47. The summed E-state index contributed by atoms with van der Waals surface area (Å²) in [5.41, 5.74) is 2.16. The van der Waals surface area contributed by atoms with E-state index in [0.29, 0.717) is 48.8 Å². The molecule has 1 aliphatic rings. The fourth-order valence-electron chi connectivity index (χ4n) is 3.69. The highest BCUT2D eigenvalue weighted by Gasteiger charge is 2.26. The van der Waals surface area contributed by atoms with Crippen molar-refractivity contribution < 1.29 is 19.1 Å². The van der Waals surface area contributed by atoms with Crippen LogP contribution in [0.25, 0.3) is 5.69 Å². The van der Waals surface area contributed by atoms with Crippen molar-refractivity contribution in [3.63, 3.8) is 0 Å². The topological polar surface area (TPSA) is 64.0 Å². The van der Waals surface area contributed by atoms with Crippen LogP contribution >= 0.6 is 0 Å². The highest BCUT2D eigenvalue weighted by Crippen LogP contribution is 2.24. The Bertz CT molecular complexity index is 1030. The van der Waals surface area contributed by atoms with E-state index in [2.05, 4.69) is 0 Å². The molecule has 2 amide bonds. The molecule has 0 unspecified atom stereocenters. The van der Waals surface area contributed by atoms with Gasteiger partial charge in [0.1, 0.15) is 11.5 Å². The van der Waals surface area contributed by atoms with Gasteiger partial charge in [-0.25, -0.2) is 0 Å². The van der Waals surface area contributed by atoms with Crippen molar-refractivity contribution in [2.45, 2.75) is 0 Å². The maximum atomic E-state index is 12.9. The van der Waals surface area contributed by atoms with Gasteiger partial charge < -0.3 is 23.8 Å². The van der Waals surface area contributed by atoms with Gasteiger partial charge in [0, 0.05) is 61.5 Å². The summed E-state index contributed by atoms with van der Waals surface area (Å²) in [6.07, 6.45) is 3.93. The summed E-state index contributed by atoms with van der Waals surface area (Å²) in [5, 5.41) is 0. The monoisotopic (exact) mass is 419 g/mol. The highest BCUT2D eigenvalue weighted by molar-refractivity contribution is 5.96. The van der Waals surface area contributed by atoms with E-state index >= 15 is 0 Å². The number of ether oxygens (including phenoxy) is 2. The quantitative estimate of drug-likeness (QED) is 0.638. The summed E-state index contributed by atoms with van der Waals surface area (Å²) in [6.45, 7) is 1.94. The minimum Gasteiger partial charge on any atom is -0.497 e. The predicted molar refractivity (Wildman–Crippen MR) is 117 cm³/mol. The number of aromatic nitrogens is 1. The summed E-state index contributed by atoms with van der Waals surface area (Å²) in [4.78, 5) is 29.4. The third-order valence-electron chi connectivity index (χ3n) is 5.47. The van der Waals surface area contributed by atoms with E-state index in [1.165, 1.54) is 0 Å². The summed E-state index contributed by atoms with van der Waals surface area (Å²) in [6, 6.07) is 16.6. The van der Waals surface area contributed by atoms with Gasteiger partial charge in [-0.05, 0) is 48.5 Å². The van der Waals surface area contributed by atoms with Crippen LogP contribution < -0.4 is 9.47 Å². The van der Waals surface area contributed by atoms with E-state index in [9.17, 15) is 9.59 Å². The van der Waals surface area contributed by atoms with E-state index in [1.807, 2.05) is 53.4 Å². The molecule has 3 aromatic rings. The molecular weight excluding hydrogens is 394 g/mol. The van der Waals surface area contributed by atoms with Gasteiger partial charge in [-0.2, -0.15) is 0 Å². The van der Waals surface area contributed by atoms with Crippen molar-refractivity contribution >= 4 is 11.8 Å². The zero-order valence-corrected chi connectivity index (χ0v) is 17.7. The lowest BCUT2D eigenvalue weighted by atomic mass is 10.1. The van der Waals surface area contributed by atoms with Gasteiger partial charge in [-0.3, -0.25) is 9.59 Å². The molecule has 2 aromatic carbocycles. The van der Waals surface area contributed by atoms with Crippen LogP contribution in [0.15, 0.2) is 67.0 Å². The molecule has 2 heterocycles. The molecule has 1 aliphatic heterocycles. The number of nitrogens with zero attached hydrogens (tertiary/aromatic N) is 3. The second-order valence-electron chi connectivity index (χ2n) is 7.32. The van der Waals surface area contributed by atoms with E-state index in [-0.39, 0.29) is 11.8 Å². The maximum absolute atomic E-state index is 12.9. The summed E-state index contributed by atoms with van der Waals surface area (Å²) in [5.74, 6) is 1.02. The molecule has 0 atom stereocenters. The van der Waals surface area contributed by atoms with Crippen LogP contribution in [-0.4, -0.2) is 66.6 Å². The molecule has 31 heavy (non-hydrogen) atoms. The van der Waals surface area contributed by atoms with Gasteiger partial charge in [0.05, 0.1) is 14.2 Å². The standard InChI is InChI=1S/C24H25N3O4/c1-30-21-15-19(16-22(17-21)31-2)24(29)27-13-11-26(12-14-27)23(28)18-5-7-20(8-6-18)25-9-3-4-10-25/h3-10,15-17H,11-14H2,1-2H3. The fraction of sp³-hybridized carbons (Fsp3) is 0.250. The number of amides is 2. The van der Waals surface area contributed by atoms with Crippen molar-refractivity contribution in [3.05, 3.63) is 78.1 Å². The number of hydrogen-bond donors (Lipinski definition) is 0. The van der Waals surface area contributed by atoms with Crippen molar-refractivity contribution in [3.8, 4) is 17.2 Å². The first-order valence-corrected chi connectivity index (χ1v) is 10.1. The van der Waals surface area contributed by atoms with Gasteiger partial charge in [-0.1, -0.05) is 0 Å². The molecule has 0 spiro atoms. The number of methoxy groups -OCH3 is 2. The SMILES string of the molecule is COc1cc(OC)cc(C(=O)N2CCN(C(=O)c3ccc(-n4cccc4)cc3)CC2)c1. The first-order chi connectivity index (χ1) is 15.1. The zero-order valence-electron chi connectivity index (χ0n) is 17.7. The Kier molecular flexibility index (Phi) is 5.93. The molecule has 7 nitrogen and oxygen atoms in total. The average Bonchev–Trinajstić information content (AvgIpc) is 3.38. The van der Waals surface area contributed by atoms with Crippen LogP contribution in [0.1, 0.15) is 20.7 Å². The fourth-order valence-corrected chi connectivity index (χ4v) is 3.69. The molecule has 4 rings (SSSR count). The van der Waals surface area contributed by atoms with E-state index in [1.54, 1.807) is 42.2 Å². The lowest BCUT2D eigenvalue weighted by Crippen LogP contribution is -2.50. The summed E-state index contributed by atoms with van der Waals surface area (Å²) in [7, 11) is 3.11. The molecule has 1 fully saturated rings. The minimum atomic E-state index is -0.0969. The van der Waals surface area contributed by atoms with Gasteiger partial charge in [0.2, 0.25) is 0 Å². The van der Waals surface area contributed by atoms with Crippen molar-refractivity contribution in [2.24, 2.45) is 0 Å². The number of carbonyl (C=O) groups is 2. The van der Waals surface area contributed by atoms with Crippen molar-refractivity contribution in [1.82, 2.24) is 14.4 Å². The molecule has 0 aliphatic carbocycles. The average molecular weight is 419 g/mol. The Morgan fingerprint density at radius 3 is 1.68 bits per heavy atom. The van der Waals surface area contributed by atoms with Crippen LogP contribution in [0.2, 0.25) is 0 Å². The summed E-state index contributed by atoms with van der Waals surface area (Å²) >= 11 is 0. The van der Waals surface area contributed by atoms with Crippen molar-refractivity contribution in [1.29, 1.82) is 0 Å².